The van der Waals surface area contributed by atoms with Gasteiger partial charge in [0, 0.05) is 38.3 Å². The molecule has 4 rings (SSSR count). The lowest BCUT2D eigenvalue weighted by molar-refractivity contribution is -0.00834. The molecule has 0 saturated heterocycles. The molecule has 11 nitrogen and oxygen atoms in total. The summed E-state index contributed by atoms with van der Waals surface area (Å²) in [6, 6.07) is 16.3. The number of amides is 1. The van der Waals surface area contributed by atoms with Crippen LogP contribution in [-0.4, -0.2) is 88.7 Å². The van der Waals surface area contributed by atoms with Crippen LogP contribution in [0.1, 0.15) is 50.4 Å². The maximum Gasteiger partial charge on any atom is 0.261 e. The Morgan fingerprint density at radius 1 is 1.00 bits per heavy atom. The van der Waals surface area contributed by atoms with E-state index in [1.807, 2.05) is 13.8 Å². The van der Waals surface area contributed by atoms with Crippen LogP contribution >= 0.6 is 0 Å². The van der Waals surface area contributed by atoms with Crippen molar-refractivity contribution >= 4 is 31.6 Å². The van der Waals surface area contributed by atoms with E-state index in [1.165, 1.54) is 48.3 Å². The number of likely N-dealkylation sites (N-methyl/N-ethyl adjacent to an activating group) is 1. The Bertz CT molecular complexity index is 1740. The van der Waals surface area contributed by atoms with E-state index in [2.05, 4.69) is 4.72 Å². The Morgan fingerprint density at radius 3 is 2.35 bits per heavy atom. The number of rotatable bonds is 9. The third-order valence-electron chi connectivity index (χ3n) is 8.32. The highest BCUT2D eigenvalue weighted by Crippen LogP contribution is 2.30. The first-order valence-electron chi connectivity index (χ1n) is 15.9. The van der Waals surface area contributed by atoms with Crippen molar-refractivity contribution in [1.82, 2.24) is 9.21 Å². The second-order valence-electron chi connectivity index (χ2n) is 12.2. The average molecular weight is 706 g/mol. The highest BCUT2D eigenvalue weighted by molar-refractivity contribution is 7.92. The number of nitrogens with one attached hydrogen (secondary N) is 1. The van der Waals surface area contributed by atoms with Crippen molar-refractivity contribution in [3.05, 3.63) is 84.2 Å². The Morgan fingerprint density at radius 2 is 1.69 bits per heavy atom. The molecule has 0 saturated carbocycles. The maximum absolute atomic E-state index is 14.3. The van der Waals surface area contributed by atoms with Gasteiger partial charge in [-0.15, -0.1) is 0 Å². The predicted octanol–water partition coefficient (Wildman–Crippen LogP) is 4.74. The number of benzene rings is 3. The average Bonchev–Trinajstić information content (AvgIpc) is 3.06. The fraction of sp³-hybridized carbons (Fsp3) is 0.441. The largest absolute Gasteiger partial charge is 0.490 e. The maximum atomic E-state index is 14.3. The first-order valence-corrected chi connectivity index (χ1v) is 18.8. The van der Waals surface area contributed by atoms with Gasteiger partial charge in [0.05, 0.1) is 40.2 Å². The summed E-state index contributed by atoms with van der Waals surface area (Å²) < 4.78 is 82.5. The molecule has 0 spiro atoms. The third kappa shape index (κ3) is 9.32. The van der Waals surface area contributed by atoms with Gasteiger partial charge < -0.3 is 19.5 Å². The van der Waals surface area contributed by atoms with Gasteiger partial charge in [-0.05, 0) is 87.7 Å². The molecule has 48 heavy (non-hydrogen) atoms. The molecule has 0 aliphatic carbocycles. The second kappa shape index (κ2) is 16.2. The summed E-state index contributed by atoms with van der Waals surface area (Å²) in [6.07, 6.45) is 1.10. The van der Waals surface area contributed by atoms with E-state index in [1.54, 1.807) is 31.2 Å². The molecule has 1 heterocycles. The predicted molar refractivity (Wildman–Crippen MR) is 180 cm³/mol. The lowest BCUT2D eigenvalue weighted by Crippen LogP contribution is -2.48. The van der Waals surface area contributed by atoms with E-state index < -0.39 is 49.8 Å². The van der Waals surface area contributed by atoms with Crippen molar-refractivity contribution in [2.75, 3.05) is 38.1 Å². The van der Waals surface area contributed by atoms with Crippen LogP contribution < -0.4 is 9.46 Å². The number of carbonyl (C=O) groups is 1. The highest BCUT2D eigenvalue weighted by atomic mass is 32.2. The fourth-order valence-corrected chi connectivity index (χ4v) is 7.65. The summed E-state index contributed by atoms with van der Waals surface area (Å²) in [4.78, 5) is 15.8. The van der Waals surface area contributed by atoms with Gasteiger partial charge in [-0.1, -0.05) is 25.1 Å². The number of sulfonamides is 2. The zero-order valence-corrected chi connectivity index (χ0v) is 29.2. The molecule has 3 aromatic rings. The van der Waals surface area contributed by atoms with Gasteiger partial charge >= 0.3 is 0 Å². The van der Waals surface area contributed by atoms with E-state index in [4.69, 9.17) is 9.47 Å². The first-order chi connectivity index (χ1) is 22.7. The van der Waals surface area contributed by atoms with Crippen molar-refractivity contribution in [3.63, 3.8) is 0 Å². The molecule has 0 aromatic heterocycles. The summed E-state index contributed by atoms with van der Waals surface area (Å²) in [5, 5.41) is 10.2. The van der Waals surface area contributed by atoms with E-state index in [-0.39, 0.29) is 52.6 Å². The van der Waals surface area contributed by atoms with E-state index in [0.717, 1.165) is 22.9 Å². The van der Waals surface area contributed by atoms with E-state index in [9.17, 15) is 31.1 Å². The van der Waals surface area contributed by atoms with Gasteiger partial charge in [0.25, 0.3) is 15.9 Å². The standard InChI is InChI=1S/C34H44FN3O8S2/c1-24-21-38(25(2)23-39)34(40)31-20-28(36-47(41,42)29-11-6-5-7-12-29)15-18-32(31)46-26(3)10-8-9-19-45-33(24)22-37(4)48(43,44)30-16-13-27(35)14-17-30/h5-7,11-18,20,24-26,33,36,39H,8-10,19,21-23H2,1-4H3/t24-,25-,26+,33+/m0/s1. The van der Waals surface area contributed by atoms with Crippen LogP contribution in [-0.2, 0) is 24.8 Å². The molecule has 14 heteroatoms. The quantitative estimate of drug-likeness (QED) is 0.325. The molecule has 1 aliphatic heterocycles. The number of hydrogen-bond acceptors (Lipinski definition) is 8. The number of ether oxygens (including phenoxy) is 2. The number of anilines is 1. The molecule has 0 fully saturated rings. The number of aliphatic hydroxyl groups excluding tert-OH is 1. The van der Waals surface area contributed by atoms with Crippen LogP contribution in [0.4, 0.5) is 10.1 Å². The lowest BCUT2D eigenvalue weighted by atomic mass is 10.0. The van der Waals surface area contributed by atoms with Crippen molar-refractivity contribution < 1.29 is 40.6 Å². The number of hydrogen-bond donors (Lipinski definition) is 2. The van der Waals surface area contributed by atoms with E-state index in [0.29, 0.717) is 19.4 Å². The number of carbonyl (C=O) groups excluding carboxylic acids is 1. The first kappa shape index (κ1) is 37.3. The molecule has 3 aromatic carbocycles. The summed E-state index contributed by atoms with van der Waals surface area (Å²) in [5.41, 5.74) is 0.259. The van der Waals surface area contributed by atoms with Crippen LogP contribution in [0, 0.1) is 11.7 Å². The topological polar surface area (TPSA) is 143 Å². The van der Waals surface area contributed by atoms with Gasteiger partial charge in [0.15, 0.2) is 0 Å². The zero-order chi connectivity index (χ0) is 35.1. The van der Waals surface area contributed by atoms with Crippen LogP contribution in [0.5, 0.6) is 5.75 Å². The minimum Gasteiger partial charge on any atom is -0.490 e. The summed E-state index contributed by atoms with van der Waals surface area (Å²) in [5.74, 6) is -1.20. The van der Waals surface area contributed by atoms with Crippen molar-refractivity contribution in [3.8, 4) is 5.75 Å². The van der Waals surface area contributed by atoms with Crippen LogP contribution in [0.25, 0.3) is 0 Å². The van der Waals surface area contributed by atoms with Crippen LogP contribution in [0.15, 0.2) is 82.6 Å². The number of halogens is 1. The SMILES string of the molecule is C[C@@H]1CCCCO[C@H](CN(C)S(=O)(=O)c2ccc(F)cc2)[C@@H](C)CN([C@@H](C)CO)C(=O)c2cc(NS(=O)(=O)c3ccccc3)ccc2O1. The zero-order valence-electron chi connectivity index (χ0n) is 27.6. The Balaban J connectivity index is 1.67. The number of fused-ring (bicyclic) bond motifs is 1. The van der Waals surface area contributed by atoms with E-state index >= 15 is 0 Å². The molecule has 1 aliphatic rings. The molecule has 262 valence electrons. The van der Waals surface area contributed by atoms with Crippen LogP contribution in [0.3, 0.4) is 0 Å². The summed E-state index contributed by atoms with van der Waals surface area (Å²) in [7, 11) is -6.51. The normalized spacial score (nSPS) is 20.8. The van der Waals surface area contributed by atoms with Gasteiger partial charge in [-0.2, -0.15) is 4.31 Å². The minimum atomic E-state index is -3.98. The fourth-order valence-electron chi connectivity index (χ4n) is 5.40. The second-order valence-corrected chi connectivity index (χ2v) is 15.9. The Kier molecular flexibility index (Phi) is 12.6. The monoisotopic (exact) mass is 705 g/mol. The number of nitrogens with zero attached hydrogens (tertiary/aromatic N) is 2. The molecule has 2 N–H and O–H groups in total. The smallest absolute Gasteiger partial charge is 0.261 e. The molecule has 0 unspecified atom stereocenters. The molecular formula is C34H44FN3O8S2. The van der Waals surface area contributed by atoms with Crippen molar-refractivity contribution in [2.24, 2.45) is 5.92 Å². The van der Waals surface area contributed by atoms with Crippen molar-refractivity contribution in [2.45, 2.75) is 68.1 Å². The Labute approximate surface area is 282 Å². The van der Waals surface area contributed by atoms with Gasteiger partial charge in [0.1, 0.15) is 11.6 Å². The molecule has 1 amide bonds. The van der Waals surface area contributed by atoms with Gasteiger partial charge in [-0.3, -0.25) is 9.52 Å². The summed E-state index contributed by atoms with van der Waals surface area (Å²) in [6.45, 7) is 5.40. The molecule has 4 atom stereocenters. The van der Waals surface area contributed by atoms with Crippen LogP contribution in [0.2, 0.25) is 0 Å². The van der Waals surface area contributed by atoms with Crippen molar-refractivity contribution in [1.29, 1.82) is 0 Å². The summed E-state index contributed by atoms with van der Waals surface area (Å²) >= 11 is 0. The Hall–Kier alpha value is -3.56. The van der Waals surface area contributed by atoms with Gasteiger partial charge in [0.2, 0.25) is 10.0 Å². The molecule has 0 bridgehead atoms. The molecule has 0 radical (unpaired) electrons. The number of aliphatic hydroxyl groups is 1. The third-order valence-corrected chi connectivity index (χ3v) is 11.6. The highest BCUT2D eigenvalue weighted by Gasteiger charge is 2.32. The lowest BCUT2D eigenvalue weighted by Gasteiger charge is -2.35. The minimum absolute atomic E-state index is 0.0437. The van der Waals surface area contributed by atoms with Gasteiger partial charge in [-0.25, -0.2) is 21.2 Å². The molecular weight excluding hydrogens is 662 g/mol.